The number of benzene rings is 2. The van der Waals surface area contributed by atoms with Gasteiger partial charge in [0.05, 0.1) is 11.0 Å². The summed E-state index contributed by atoms with van der Waals surface area (Å²) in [6.07, 6.45) is 2.69. The number of carboxylic acids is 1. The van der Waals surface area contributed by atoms with Gasteiger partial charge in [-0.2, -0.15) is 0 Å². The molecule has 0 unspecified atom stereocenters. The number of aliphatic hydroxyl groups excluding tert-OH is 1. The van der Waals surface area contributed by atoms with Crippen LogP contribution in [0.2, 0.25) is 5.02 Å². The Morgan fingerprint density at radius 2 is 1.97 bits per heavy atom. The van der Waals surface area contributed by atoms with Crippen molar-refractivity contribution in [3.8, 4) is 0 Å². The number of nitrogens with zero attached hydrogens (tertiary/aromatic N) is 3. The summed E-state index contributed by atoms with van der Waals surface area (Å²) in [5.74, 6) is -0.880. The van der Waals surface area contributed by atoms with Crippen molar-refractivity contribution < 1.29 is 19.8 Å². The summed E-state index contributed by atoms with van der Waals surface area (Å²) in [6, 6.07) is 13.6. The molecule has 0 radical (unpaired) electrons. The van der Waals surface area contributed by atoms with Gasteiger partial charge in [-0.15, -0.1) is 0 Å². The van der Waals surface area contributed by atoms with Crippen molar-refractivity contribution >= 4 is 34.5 Å². The van der Waals surface area contributed by atoms with Crippen LogP contribution in [0.5, 0.6) is 0 Å². The van der Waals surface area contributed by atoms with Gasteiger partial charge in [0.15, 0.2) is 0 Å². The highest BCUT2D eigenvalue weighted by atomic mass is 35.5. The fourth-order valence-corrected chi connectivity index (χ4v) is 4.11. The number of hydrogen-bond acceptors (Lipinski definition) is 4. The van der Waals surface area contributed by atoms with E-state index >= 15 is 0 Å². The predicted octanol–water partition coefficient (Wildman–Crippen LogP) is 3.88. The second-order valence-electron chi connectivity index (χ2n) is 8.07. The van der Waals surface area contributed by atoms with Gasteiger partial charge in [-0.05, 0) is 48.6 Å². The van der Waals surface area contributed by atoms with Crippen LogP contribution in [0.4, 0.5) is 0 Å². The monoisotopic (exact) mass is 453 g/mol. The summed E-state index contributed by atoms with van der Waals surface area (Å²) >= 11 is 6.17. The lowest BCUT2D eigenvalue weighted by Gasteiger charge is -2.34. The van der Waals surface area contributed by atoms with E-state index in [1.807, 2.05) is 35.9 Å². The molecule has 3 aromatic rings. The first-order valence-corrected chi connectivity index (χ1v) is 10.8. The summed E-state index contributed by atoms with van der Waals surface area (Å²) in [6.45, 7) is 0.397. The van der Waals surface area contributed by atoms with Gasteiger partial charge in [-0.1, -0.05) is 35.9 Å². The van der Waals surface area contributed by atoms with E-state index in [1.54, 1.807) is 24.3 Å². The zero-order chi connectivity index (χ0) is 22.8. The number of aromatic nitrogens is 2. The molecule has 0 bridgehead atoms. The van der Waals surface area contributed by atoms with Gasteiger partial charge < -0.3 is 19.7 Å². The quantitative estimate of drug-likeness (QED) is 0.504. The molecular weight excluding hydrogens is 430 g/mol. The number of aryl methyl sites for hydroxylation is 1. The first-order valence-electron chi connectivity index (χ1n) is 10.4. The summed E-state index contributed by atoms with van der Waals surface area (Å²) in [5, 5.41) is 21.0. The first-order chi connectivity index (χ1) is 15.3. The maximum Gasteiger partial charge on any atom is 0.328 e. The van der Waals surface area contributed by atoms with E-state index in [4.69, 9.17) is 21.7 Å². The van der Waals surface area contributed by atoms with E-state index < -0.39 is 24.0 Å². The Labute approximate surface area is 190 Å². The minimum atomic E-state index is -1.21. The standard InChI is InChI=1S/C24H24ClN3O4/c1-27-19-8-3-2-7-18(19)26-24(27)22(23(32)16-5-4-6-17(25)13-16)28(14-15-9-10-15)20(29)11-12-21(30)31/h2-8,11-13,15,22-23,32H,9-10,14H2,1H3,(H,30,31)/t22-,23-/m1/s1. The van der Waals surface area contributed by atoms with Crippen LogP contribution >= 0.6 is 11.6 Å². The van der Waals surface area contributed by atoms with Crippen molar-refractivity contribution in [3.05, 3.63) is 77.1 Å². The second kappa shape index (κ2) is 9.14. The number of halogens is 1. The summed E-state index contributed by atoms with van der Waals surface area (Å²) < 4.78 is 1.86. The maximum absolute atomic E-state index is 13.2. The van der Waals surface area contributed by atoms with Crippen LogP contribution < -0.4 is 0 Å². The number of hydrogen-bond donors (Lipinski definition) is 2. The van der Waals surface area contributed by atoms with Gasteiger partial charge in [0.2, 0.25) is 5.91 Å². The molecule has 2 aromatic carbocycles. The molecular formula is C24H24ClN3O4. The SMILES string of the molecule is Cn1c([C@@H]([C@H](O)c2cccc(Cl)c2)N(CC2CC2)C(=O)C=CC(=O)O)nc2ccccc21. The van der Waals surface area contributed by atoms with Crippen LogP contribution in [0, 0.1) is 5.92 Å². The van der Waals surface area contributed by atoms with Crippen LogP contribution in [0.15, 0.2) is 60.7 Å². The average Bonchev–Trinajstić information content (AvgIpc) is 3.54. The molecule has 0 spiro atoms. The third-order valence-electron chi connectivity index (χ3n) is 5.71. The molecule has 32 heavy (non-hydrogen) atoms. The molecule has 4 rings (SSSR count). The number of fused-ring (bicyclic) bond motifs is 1. The third kappa shape index (κ3) is 4.69. The van der Waals surface area contributed by atoms with Crippen molar-refractivity contribution in [2.45, 2.75) is 25.0 Å². The molecule has 2 atom stereocenters. The number of para-hydroxylation sites is 2. The van der Waals surface area contributed by atoms with E-state index in [0.717, 1.165) is 36.0 Å². The molecule has 1 fully saturated rings. The van der Waals surface area contributed by atoms with Gasteiger partial charge in [0.1, 0.15) is 18.0 Å². The van der Waals surface area contributed by atoms with Crippen LogP contribution in [-0.4, -0.2) is 43.1 Å². The minimum Gasteiger partial charge on any atom is -0.478 e. The highest BCUT2D eigenvalue weighted by Crippen LogP contribution is 2.39. The van der Waals surface area contributed by atoms with E-state index in [2.05, 4.69) is 0 Å². The van der Waals surface area contributed by atoms with Crippen LogP contribution in [0.3, 0.4) is 0 Å². The number of carboxylic acid groups (broad SMARTS) is 1. The Kier molecular flexibility index (Phi) is 6.30. The van der Waals surface area contributed by atoms with Crippen molar-refractivity contribution in [3.63, 3.8) is 0 Å². The Hall–Kier alpha value is -3.16. The van der Waals surface area contributed by atoms with Crippen molar-refractivity contribution in [2.24, 2.45) is 13.0 Å². The maximum atomic E-state index is 13.2. The van der Waals surface area contributed by atoms with Gasteiger partial charge in [-0.25, -0.2) is 9.78 Å². The topological polar surface area (TPSA) is 95.7 Å². The normalized spacial score (nSPS) is 15.7. The Morgan fingerprint density at radius 3 is 2.62 bits per heavy atom. The molecule has 1 saturated carbocycles. The number of carbonyl (C=O) groups is 2. The lowest BCUT2D eigenvalue weighted by Crippen LogP contribution is -2.40. The number of aliphatic carboxylic acids is 1. The zero-order valence-electron chi connectivity index (χ0n) is 17.6. The van der Waals surface area contributed by atoms with Crippen LogP contribution in [0.25, 0.3) is 11.0 Å². The molecule has 7 nitrogen and oxygen atoms in total. The Morgan fingerprint density at radius 1 is 1.22 bits per heavy atom. The number of imidazole rings is 1. The molecule has 1 aliphatic carbocycles. The van der Waals surface area contributed by atoms with Gasteiger partial charge in [-0.3, -0.25) is 4.79 Å². The number of amides is 1. The number of aliphatic hydroxyl groups is 1. The molecule has 0 aliphatic heterocycles. The molecule has 1 aliphatic rings. The molecule has 1 heterocycles. The van der Waals surface area contributed by atoms with Gasteiger partial charge in [0, 0.05) is 30.8 Å². The highest BCUT2D eigenvalue weighted by Gasteiger charge is 2.38. The third-order valence-corrected chi connectivity index (χ3v) is 5.95. The molecule has 166 valence electrons. The van der Waals surface area contributed by atoms with Crippen LogP contribution in [0.1, 0.15) is 36.4 Å². The number of carbonyl (C=O) groups excluding carboxylic acids is 1. The molecule has 1 amide bonds. The van der Waals surface area contributed by atoms with E-state index in [9.17, 15) is 14.7 Å². The van der Waals surface area contributed by atoms with Crippen molar-refractivity contribution in [1.29, 1.82) is 0 Å². The molecule has 1 aromatic heterocycles. The Balaban J connectivity index is 1.84. The van der Waals surface area contributed by atoms with Crippen LogP contribution in [-0.2, 0) is 16.6 Å². The van der Waals surface area contributed by atoms with E-state index in [0.29, 0.717) is 28.9 Å². The summed E-state index contributed by atoms with van der Waals surface area (Å²) in [5.41, 5.74) is 2.16. The van der Waals surface area contributed by atoms with E-state index in [-0.39, 0.29) is 0 Å². The highest BCUT2D eigenvalue weighted by molar-refractivity contribution is 6.30. The second-order valence-corrected chi connectivity index (χ2v) is 8.50. The predicted molar refractivity (Wildman–Crippen MR) is 121 cm³/mol. The first kappa shape index (κ1) is 22.0. The largest absolute Gasteiger partial charge is 0.478 e. The fraction of sp³-hybridized carbons (Fsp3) is 0.292. The zero-order valence-corrected chi connectivity index (χ0v) is 18.3. The fourth-order valence-electron chi connectivity index (χ4n) is 3.91. The van der Waals surface area contributed by atoms with Gasteiger partial charge >= 0.3 is 5.97 Å². The molecule has 2 N–H and O–H groups in total. The molecule has 8 heteroatoms. The summed E-state index contributed by atoms with van der Waals surface area (Å²) in [7, 11) is 1.84. The van der Waals surface area contributed by atoms with Crippen molar-refractivity contribution in [1.82, 2.24) is 14.5 Å². The lowest BCUT2D eigenvalue weighted by atomic mass is 9.99. The smallest absolute Gasteiger partial charge is 0.328 e. The minimum absolute atomic E-state index is 0.306. The lowest BCUT2D eigenvalue weighted by molar-refractivity contribution is -0.134. The van der Waals surface area contributed by atoms with Gasteiger partial charge in [0.25, 0.3) is 0 Å². The number of rotatable bonds is 8. The molecule has 0 saturated heterocycles. The average molecular weight is 454 g/mol. The Bertz CT molecular complexity index is 1180. The summed E-state index contributed by atoms with van der Waals surface area (Å²) in [4.78, 5) is 30.5. The van der Waals surface area contributed by atoms with E-state index in [1.165, 1.54) is 4.90 Å². The van der Waals surface area contributed by atoms with Crippen molar-refractivity contribution in [2.75, 3.05) is 6.54 Å².